The Morgan fingerprint density at radius 2 is 1.93 bits per heavy atom. The highest BCUT2D eigenvalue weighted by Gasteiger charge is 2.17. The minimum atomic E-state index is -0.780. The van der Waals surface area contributed by atoms with E-state index in [1.54, 1.807) is 6.92 Å². The Bertz CT molecular complexity index is 323. The third-order valence-electron chi connectivity index (χ3n) is 1.92. The number of benzene rings is 1. The Balaban J connectivity index is 2.92. The summed E-state index contributed by atoms with van der Waals surface area (Å²) in [6, 6.07) is 1.59. The molecule has 0 aromatic heterocycles. The maximum Gasteiger partial charge on any atom is 0.132 e. The van der Waals surface area contributed by atoms with E-state index in [1.165, 1.54) is 12.1 Å². The van der Waals surface area contributed by atoms with Crippen LogP contribution in [0.1, 0.15) is 18.5 Å². The molecule has 0 aliphatic carbocycles. The number of hydrogen-bond acceptors (Lipinski definition) is 2. The van der Waals surface area contributed by atoms with Crippen molar-refractivity contribution in [3.05, 3.63) is 33.8 Å². The van der Waals surface area contributed by atoms with Crippen molar-refractivity contribution in [2.24, 2.45) is 5.73 Å². The van der Waals surface area contributed by atoms with Crippen molar-refractivity contribution in [2.75, 3.05) is 13.2 Å². The van der Waals surface area contributed by atoms with Gasteiger partial charge in [0.1, 0.15) is 11.6 Å². The van der Waals surface area contributed by atoms with Gasteiger partial charge in [-0.3, -0.25) is 0 Å². The highest BCUT2D eigenvalue weighted by Crippen LogP contribution is 2.23. The van der Waals surface area contributed by atoms with Gasteiger partial charge in [-0.2, -0.15) is 0 Å². The summed E-state index contributed by atoms with van der Waals surface area (Å²) in [6.07, 6.45) is 0. The zero-order valence-corrected chi connectivity index (χ0v) is 9.85. The monoisotopic (exact) mass is 279 g/mol. The molecule has 0 saturated carbocycles. The van der Waals surface area contributed by atoms with E-state index >= 15 is 0 Å². The number of halogens is 3. The van der Waals surface area contributed by atoms with Gasteiger partial charge >= 0.3 is 0 Å². The van der Waals surface area contributed by atoms with Gasteiger partial charge in [0.25, 0.3) is 0 Å². The summed E-state index contributed by atoms with van der Waals surface area (Å²) in [5.74, 6) is -1.32. The molecular formula is C10H12BrF2NO. The molecule has 0 spiro atoms. The lowest BCUT2D eigenvalue weighted by atomic mass is 10.1. The van der Waals surface area contributed by atoms with Crippen LogP contribution in [0.5, 0.6) is 0 Å². The lowest BCUT2D eigenvalue weighted by Gasteiger charge is -2.13. The number of nitrogens with two attached hydrogens (primary N) is 1. The van der Waals surface area contributed by atoms with Crippen molar-refractivity contribution in [1.82, 2.24) is 0 Å². The van der Waals surface area contributed by atoms with Crippen LogP contribution in [0.2, 0.25) is 0 Å². The molecule has 2 nitrogen and oxygen atoms in total. The standard InChI is InChI=1S/C10H12BrF2NO/c1-2-15-5-9(14)10-7(12)3-6(11)4-8(10)13/h3-4,9H,2,5,14H2,1H3. The maximum atomic E-state index is 13.4. The molecule has 0 saturated heterocycles. The summed E-state index contributed by atoms with van der Waals surface area (Å²) in [7, 11) is 0. The molecule has 15 heavy (non-hydrogen) atoms. The molecular weight excluding hydrogens is 268 g/mol. The van der Waals surface area contributed by atoms with Crippen molar-refractivity contribution in [1.29, 1.82) is 0 Å². The van der Waals surface area contributed by atoms with Crippen molar-refractivity contribution in [2.45, 2.75) is 13.0 Å². The van der Waals surface area contributed by atoms with E-state index in [9.17, 15) is 8.78 Å². The average molecular weight is 280 g/mol. The van der Waals surface area contributed by atoms with Crippen LogP contribution in [0, 0.1) is 11.6 Å². The summed E-state index contributed by atoms with van der Waals surface area (Å²) < 4.78 is 32.1. The topological polar surface area (TPSA) is 35.2 Å². The molecule has 1 atom stereocenters. The molecule has 0 amide bonds. The maximum absolute atomic E-state index is 13.4. The Morgan fingerprint density at radius 1 is 1.40 bits per heavy atom. The van der Waals surface area contributed by atoms with Gasteiger partial charge in [0, 0.05) is 16.6 Å². The molecule has 1 unspecified atom stereocenters. The van der Waals surface area contributed by atoms with E-state index in [0.29, 0.717) is 11.1 Å². The van der Waals surface area contributed by atoms with E-state index in [0.717, 1.165) is 0 Å². The average Bonchev–Trinajstić information content (AvgIpc) is 2.12. The van der Waals surface area contributed by atoms with Crippen molar-refractivity contribution in [3.63, 3.8) is 0 Å². The zero-order valence-electron chi connectivity index (χ0n) is 8.27. The molecule has 1 rings (SSSR count). The molecule has 84 valence electrons. The van der Waals surface area contributed by atoms with Crippen LogP contribution >= 0.6 is 15.9 Å². The molecule has 0 fully saturated rings. The third kappa shape index (κ3) is 3.22. The van der Waals surface area contributed by atoms with Crippen LogP contribution in [0.3, 0.4) is 0 Å². The second kappa shape index (κ2) is 5.53. The Labute approximate surface area is 95.5 Å². The molecule has 2 N–H and O–H groups in total. The summed E-state index contributed by atoms with van der Waals surface area (Å²) in [5, 5.41) is 0. The predicted molar refractivity (Wildman–Crippen MR) is 57.5 cm³/mol. The molecule has 1 aromatic rings. The van der Waals surface area contributed by atoms with E-state index in [2.05, 4.69) is 15.9 Å². The van der Waals surface area contributed by atoms with Gasteiger partial charge in [-0.1, -0.05) is 15.9 Å². The van der Waals surface area contributed by atoms with Crippen LogP contribution in [0.4, 0.5) is 8.78 Å². The van der Waals surface area contributed by atoms with Crippen LogP contribution in [-0.2, 0) is 4.74 Å². The number of rotatable bonds is 4. The molecule has 1 aromatic carbocycles. The fraction of sp³-hybridized carbons (Fsp3) is 0.400. The van der Waals surface area contributed by atoms with Gasteiger partial charge in [0.2, 0.25) is 0 Å². The summed E-state index contributed by atoms with van der Waals surface area (Å²) in [6.45, 7) is 2.36. The molecule has 0 heterocycles. The Hall–Kier alpha value is -0.520. The molecule has 0 radical (unpaired) electrons. The summed E-state index contributed by atoms with van der Waals surface area (Å²) >= 11 is 3.00. The fourth-order valence-corrected chi connectivity index (χ4v) is 1.64. The highest BCUT2D eigenvalue weighted by molar-refractivity contribution is 9.10. The summed E-state index contributed by atoms with van der Waals surface area (Å²) in [5.41, 5.74) is 5.48. The van der Waals surface area contributed by atoms with Gasteiger partial charge in [-0.25, -0.2) is 8.78 Å². The van der Waals surface area contributed by atoms with Crippen LogP contribution in [0.15, 0.2) is 16.6 Å². The van der Waals surface area contributed by atoms with Gasteiger partial charge in [-0.15, -0.1) is 0 Å². The largest absolute Gasteiger partial charge is 0.380 e. The first kappa shape index (κ1) is 12.5. The highest BCUT2D eigenvalue weighted by atomic mass is 79.9. The molecule has 0 aliphatic rings. The minimum Gasteiger partial charge on any atom is -0.380 e. The van der Waals surface area contributed by atoms with E-state index in [1.807, 2.05) is 0 Å². The lowest BCUT2D eigenvalue weighted by molar-refractivity contribution is 0.131. The smallest absolute Gasteiger partial charge is 0.132 e. The minimum absolute atomic E-state index is 0.103. The van der Waals surface area contributed by atoms with E-state index in [4.69, 9.17) is 10.5 Å². The first-order chi connectivity index (χ1) is 7.06. The fourth-order valence-electron chi connectivity index (χ4n) is 1.24. The van der Waals surface area contributed by atoms with Gasteiger partial charge in [0.15, 0.2) is 0 Å². The number of hydrogen-bond donors (Lipinski definition) is 1. The van der Waals surface area contributed by atoms with Crippen molar-refractivity contribution >= 4 is 15.9 Å². The Morgan fingerprint density at radius 3 is 2.40 bits per heavy atom. The lowest BCUT2D eigenvalue weighted by Crippen LogP contribution is -2.20. The second-order valence-electron chi connectivity index (χ2n) is 3.05. The first-order valence-electron chi connectivity index (χ1n) is 4.54. The van der Waals surface area contributed by atoms with Gasteiger partial charge in [0.05, 0.1) is 12.6 Å². The van der Waals surface area contributed by atoms with Crippen LogP contribution in [0.25, 0.3) is 0 Å². The second-order valence-corrected chi connectivity index (χ2v) is 3.96. The SMILES string of the molecule is CCOCC(N)c1c(F)cc(Br)cc1F. The molecule has 0 bridgehead atoms. The third-order valence-corrected chi connectivity index (χ3v) is 2.37. The van der Waals surface area contributed by atoms with Gasteiger partial charge in [-0.05, 0) is 19.1 Å². The predicted octanol–water partition coefficient (Wildman–Crippen LogP) is 2.76. The van der Waals surface area contributed by atoms with Gasteiger partial charge < -0.3 is 10.5 Å². The molecule has 0 aliphatic heterocycles. The van der Waals surface area contributed by atoms with Crippen LogP contribution < -0.4 is 5.73 Å². The number of ether oxygens (including phenoxy) is 1. The summed E-state index contributed by atoms with van der Waals surface area (Å²) in [4.78, 5) is 0. The quantitative estimate of drug-likeness (QED) is 0.920. The van der Waals surface area contributed by atoms with Crippen LogP contribution in [-0.4, -0.2) is 13.2 Å². The normalized spacial score (nSPS) is 12.9. The first-order valence-corrected chi connectivity index (χ1v) is 5.33. The van der Waals surface area contributed by atoms with Crippen molar-refractivity contribution in [3.8, 4) is 0 Å². The Kier molecular flexibility index (Phi) is 4.63. The zero-order chi connectivity index (χ0) is 11.4. The van der Waals surface area contributed by atoms with Crippen molar-refractivity contribution < 1.29 is 13.5 Å². The van der Waals surface area contributed by atoms with E-state index in [-0.39, 0.29) is 12.2 Å². The molecule has 5 heteroatoms. The van der Waals surface area contributed by atoms with E-state index < -0.39 is 17.7 Å².